The summed E-state index contributed by atoms with van der Waals surface area (Å²) in [4.78, 5) is 50.0. The van der Waals surface area contributed by atoms with E-state index >= 15 is 0 Å². The van der Waals surface area contributed by atoms with Gasteiger partial charge in [-0.3, -0.25) is 9.59 Å². The molecule has 2 amide bonds. The molecular formula is C16H26N2O6. The van der Waals surface area contributed by atoms with Crippen molar-refractivity contribution in [2.75, 3.05) is 26.2 Å². The maximum absolute atomic E-state index is 12.1. The lowest BCUT2D eigenvalue weighted by Crippen LogP contribution is -2.33. The fourth-order valence-electron chi connectivity index (χ4n) is 2.30. The summed E-state index contributed by atoms with van der Waals surface area (Å²) in [5, 5.41) is 18.6. The van der Waals surface area contributed by atoms with Crippen LogP contribution in [0.3, 0.4) is 0 Å². The first-order chi connectivity index (χ1) is 11.2. The van der Waals surface area contributed by atoms with Crippen LogP contribution in [0.1, 0.15) is 40.5 Å². The fourth-order valence-corrected chi connectivity index (χ4v) is 2.30. The molecule has 0 aliphatic carbocycles. The standard InChI is InChI=1S/C16H26N2O6/c1-5-17(6-2)13(19)9-11(15(21)22)12(16(23)24)10-14(20)18(7-3)8-4/h5-10H2,1-4H3,(H,21,22)(H,23,24). The van der Waals surface area contributed by atoms with E-state index in [2.05, 4.69) is 0 Å². The van der Waals surface area contributed by atoms with Gasteiger partial charge < -0.3 is 20.0 Å². The van der Waals surface area contributed by atoms with E-state index in [1.54, 1.807) is 27.7 Å². The van der Waals surface area contributed by atoms with Crippen LogP contribution in [0.5, 0.6) is 0 Å². The third kappa shape index (κ3) is 6.02. The van der Waals surface area contributed by atoms with Gasteiger partial charge in [-0.15, -0.1) is 0 Å². The topological polar surface area (TPSA) is 115 Å². The Hall–Kier alpha value is -2.38. The molecule has 0 aromatic carbocycles. The highest BCUT2D eigenvalue weighted by Gasteiger charge is 2.27. The molecule has 0 aliphatic heterocycles. The molecule has 0 aromatic rings. The molecule has 0 spiro atoms. The predicted molar refractivity (Wildman–Crippen MR) is 87.4 cm³/mol. The number of aliphatic carboxylic acids is 2. The van der Waals surface area contributed by atoms with E-state index in [-0.39, 0.29) is 0 Å². The van der Waals surface area contributed by atoms with Gasteiger partial charge in [0.2, 0.25) is 11.8 Å². The number of rotatable bonds is 10. The first-order valence-electron chi connectivity index (χ1n) is 7.97. The molecule has 0 atom stereocenters. The van der Waals surface area contributed by atoms with Crippen molar-refractivity contribution in [3.05, 3.63) is 11.1 Å². The minimum absolute atomic E-state index is 0.392. The van der Waals surface area contributed by atoms with Gasteiger partial charge in [0.15, 0.2) is 0 Å². The van der Waals surface area contributed by atoms with Crippen LogP contribution in [-0.4, -0.2) is 69.9 Å². The van der Waals surface area contributed by atoms with Gasteiger partial charge >= 0.3 is 11.9 Å². The Morgan fingerprint density at radius 1 is 0.625 bits per heavy atom. The minimum atomic E-state index is -1.50. The monoisotopic (exact) mass is 342 g/mol. The molecule has 0 aliphatic rings. The van der Waals surface area contributed by atoms with Crippen molar-refractivity contribution in [2.24, 2.45) is 0 Å². The van der Waals surface area contributed by atoms with E-state index in [0.29, 0.717) is 26.2 Å². The van der Waals surface area contributed by atoms with Crippen molar-refractivity contribution in [3.63, 3.8) is 0 Å². The van der Waals surface area contributed by atoms with E-state index in [1.807, 2.05) is 0 Å². The first-order valence-corrected chi connectivity index (χ1v) is 7.97. The highest BCUT2D eigenvalue weighted by Crippen LogP contribution is 2.17. The van der Waals surface area contributed by atoms with Crippen LogP contribution in [0, 0.1) is 0 Å². The van der Waals surface area contributed by atoms with Gasteiger partial charge in [0.25, 0.3) is 0 Å². The van der Waals surface area contributed by atoms with Crippen LogP contribution in [0.2, 0.25) is 0 Å². The van der Waals surface area contributed by atoms with E-state index in [1.165, 1.54) is 9.80 Å². The highest BCUT2D eigenvalue weighted by atomic mass is 16.4. The van der Waals surface area contributed by atoms with Crippen molar-refractivity contribution >= 4 is 23.8 Å². The third-order valence-corrected chi connectivity index (χ3v) is 3.77. The zero-order valence-corrected chi connectivity index (χ0v) is 14.7. The molecule has 8 nitrogen and oxygen atoms in total. The van der Waals surface area contributed by atoms with Crippen LogP contribution in [0.15, 0.2) is 11.1 Å². The number of carbonyl (C=O) groups is 4. The number of hydrogen-bond acceptors (Lipinski definition) is 4. The second-order valence-corrected chi connectivity index (χ2v) is 5.05. The molecule has 0 heterocycles. The summed E-state index contributed by atoms with van der Waals surface area (Å²) in [6.07, 6.45) is -1.10. The van der Waals surface area contributed by atoms with Crippen molar-refractivity contribution in [2.45, 2.75) is 40.5 Å². The highest BCUT2D eigenvalue weighted by molar-refractivity contribution is 6.04. The molecule has 0 saturated heterocycles. The Labute approximate surface area is 141 Å². The lowest BCUT2D eigenvalue weighted by atomic mass is 10.0. The average molecular weight is 342 g/mol. The summed E-state index contributed by atoms with van der Waals surface area (Å²) in [5.41, 5.74) is -1.08. The number of nitrogens with zero attached hydrogens (tertiary/aromatic N) is 2. The quantitative estimate of drug-likeness (QED) is 0.572. The minimum Gasteiger partial charge on any atom is -0.478 e. The Balaban J connectivity index is 5.67. The summed E-state index contributed by atoms with van der Waals surface area (Å²) < 4.78 is 0. The SMILES string of the molecule is CCN(CC)C(=O)CC(C(=O)O)=C(CC(=O)N(CC)CC)C(=O)O. The molecule has 0 unspecified atom stereocenters. The van der Waals surface area contributed by atoms with Crippen LogP contribution in [-0.2, 0) is 19.2 Å². The van der Waals surface area contributed by atoms with E-state index in [9.17, 15) is 29.4 Å². The summed E-state index contributed by atoms with van der Waals surface area (Å²) >= 11 is 0. The van der Waals surface area contributed by atoms with Gasteiger partial charge in [-0.2, -0.15) is 0 Å². The van der Waals surface area contributed by atoms with Gasteiger partial charge in [-0.25, -0.2) is 9.59 Å². The summed E-state index contributed by atoms with van der Waals surface area (Å²) in [7, 11) is 0. The summed E-state index contributed by atoms with van der Waals surface area (Å²) in [6, 6.07) is 0. The Morgan fingerprint density at radius 2 is 0.875 bits per heavy atom. The van der Waals surface area contributed by atoms with Crippen LogP contribution in [0.25, 0.3) is 0 Å². The predicted octanol–water partition coefficient (Wildman–Crippen LogP) is 0.969. The third-order valence-electron chi connectivity index (χ3n) is 3.77. The normalized spacial score (nSPS) is 11.5. The van der Waals surface area contributed by atoms with Gasteiger partial charge in [0.1, 0.15) is 0 Å². The first kappa shape index (κ1) is 21.6. The molecule has 24 heavy (non-hydrogen) atoms. The van der Waals surface area contributed by atoms with Crippen LogP contribution in [0.4, 0.5) is 0 Å². The molecule has 0 saturated carbocycles. The molecule has 0 fully saturated rings. The van der Waals surface area contributed by atoms with Crippen molar-refractivity contribution in [1.82, 2.24) is 9.80 Å². The van der Waals surface area contributed by atoms with Gasteiger partial charge in [0, 0.05) is 26.2 Å². The lowest BCUT2D eigenvalue weighted by Gasteiger charge is -2.21. The molecular weight excluding hydrogens is 316 g/mol. The van der Waals surface area contributed by atoms with Crippen LogP contribution < -0.4 is 0 Å². The average Bonchev–Trinajstić information content (AvgIpc) is 2.52. The van der Waals surface area contributed by atoms with Crippen LogP contribution >= 0.6 is 0 Å². The Bertz CT molecular complexity index is 473. The molecule has 0 rings (SSSR count). The van der Waals surface area contributed by atoms with E-state index in [4.69, 9.17) is 0 Å². The summed E-state index contributed by atoms with van der Waals surface area (Å²) in [5.74, 6) is -3.96. The largest absolute Gasteiger partial charge is 0.478 e. The van der Waals surface area contributed by atoms with Gasteiger partial charge in [0.05, 0.1) is 24.0 Å². The zero-order valence-electron chi connectivity index (χ0n) is 14.7. The fraction of sp³-hybridized carbons (Fsp3) is 0.625. The smallest absolute Gasteiger partial charge is 0.332 e. The molecule has 0 aromatic heterocycles. The molecule has 0 radical (unpaired) electrons. The molecule has 136 valence electrons. The van der Waals surface area contributed by atoms with E-state index in [0.717, 1.165) is 0 Å². The Kier molecular flexibility index (Phi) is 9.37. The number of amides is 2. The Morgan fingerprint density at radius 3 is 1.04 bits per heavy atom. The molecule has 8 heteroatoms. The van der Waals surface area contributed by atoms with Gasteiger partial charge in [-0.05, 0) is 27.7 Å². The maximum Gasteiger partial charge on any atom is 0.332 e. The van der Waals surface area contributed by atoms with Crippen molar-refractivity contribution in [3.8, 4) is 0 Å². The number of carboxylic acid groups (broad SMARTS) is 2. The van der Waals surface area contributed by atoms with Crippen molar-refractivity contribution in [1.29, 1.82) is 0 Å². The molecule has 0 bridgehead atoms. The van der Waals surface area contributed by atoms with E-state index < -0.39 is 47.7 Å². The number of carbonyl (C=O) groups excluding carboxylic acids is 2. The summed E-state index contributed by atoms with van der Waals surface area (Å²) in [6.45, 7) is 8.54. The second-order valence-electron chi connectivity index (χ2n) is 5.05. The number of hydrogen-bond donors (Lipinski definition) is 2. The maximum atomic E-state index is 12.1. The van der Waals surface area contributed by atoms with Gasteiger partial charge in [-0.1, -0.05) is 0 Å². The van der Waals surface area contributed by atoms with Crippen molar-refractivity contribution < 1.29 is 29.4 Å². The molecule has 2 N–H and O–H groups in total. The second kappa shape index (κ2) is 10.4. The lowest BCUT2D eigenvalue weighted by molar-refractivity contribution is -0.138. The zero-order chi connectivity index (χ0) is 18.9. The number of carboxylic acids is 2.